The molecule has 1 aromatic rings. The first-order chi connectivity index (χ1) is 14.1. The Hall–Kier alpha value is -1.99. The Labute approximate surface area is 175 Å². The number of likely N-dealkylation sites (tertiary alicyclic amines) is 1. The molecule has 7 nitrogen and oxygen atoms in total. The van der Waals surface area contributed by atoms with E-state index in [-0.39, 0.29) is 11.8 Å². The van der Waals surface area contributed by atoms with Crippen LogP contribution in [0, 0.1) is 5.92 Å². The van der Waals surface area contributed by atoms with Crippen LogP contribution >= 0.6 is 0 Å². The maximum absolute atomic E-state index is 12.5. The number of carbonyl (C=O) groups excluding carboxylic acids is 1. The number of hydrogen-bond acceptors (Lipinski definition) is 6. The largest absolute Gasteiger partial charge is 0.493 e. The second kappa shape index (κ2) is 11.9. The van der Waals surface area contributed by atoms with Crippen LogP contribution in [-0.4, -0.2) is 76.3 Å². The number of rotatable bonds is 11. The molecule has 0 saturated carbocycles. The summed E-state index contributed by atoms with van der Waals surface area (Å²) in [6, 6.07) is 3.99. The van der Waals surface area contributed by atoms with Gasteiger partial charge in [0, 0.05) is 25.6 Å². The summed E-state index contributed by atoms with van der Waals surface area (Å²) >= 11 is 0. The lowest BCUT2D eigenvalue weighted by molar-refractivity contribution is -0.126. The molecule has 1 fully saturated rings. The summed E-state index contributed by atoms with van der Waals surface area (Å²) in [7, 11) is 4.87. The molecule has 0 radical (unpaired) electrons. The molecule has 164 valence electrons. The number of piperidine rings is 1. The van der Waals surface area contributed by atoms with Crippen molar-refractivity contribution in [1.29, 1.82) is 0 Å². The van der Waals surface area contributed by atoms with Crippen molar-refractivity contribution in [2.24, 2.45) is 5.92 Å². The van der Waals surface area contributed by atoms with Crippen molar-refractivity contribution in [2.75, 3.05) is 60.6 Å². The van der Waals surface area contributed by atoms with Gasteiger partial charge in [0.2, 0.25) is 11.7 Å². The third-order valence-electron chi connectivity index (χ3n) is 5.71. The number of carbonyl (C=O) groups is 1. The van der Waals surface area contributed by atoms with Gasteiger partial charge in [-0.05, 0) is 56.7 Å². The number of ether oxygens (including phenoxy) is 3. The minimum Gasteiger partial charge on any atom is -0.493 e. The van der Waals surface area contributed by atoms with Crippen LogP contribution in [0.15, 0.2) is 12.1 Å². The van der Waals surface area contributed by atoms with Gasteiger partial charge in [-0.3, -0.25) is 9.69 Å². The molecule has 1 N–H and O–H groups in total. The molecule has 1 saturated heterocycles. The van der Waals surface area contributed by atoms with Crippen molar-refractivity contribution in [1.82, 2.24) is 15.1 Å². The number of hydrogen-bond donors (Lipinski definition) is 1. The molecule has 29 heavy (non-hydrogen) atoms. The van der Waals surface area contributed by atoms with E-state index in [2.05, 4.69) is 29.0 Å². The fourth-order valence-electron chi connectivity index (χ4n) is 3.86. The standard InChI is InChI=1S/C22H37N3O4/c1-6-24(7-2)13-10-23-22(26)18-8-11-25(12-9-18)16-17-14-19(27-3)21(29-5)20(15-17)28-4/h14-15,18H,6-13,16H2,1-5H3,(H,23,26). The van der Waals surface area contributed by atoms with E-state index in [1.54, 1.807) is 21.3 Å². The lowest BCUT2D eigenvalue weighted by Gasteiger charge is -2.31. The lowest BCUT2D eigenvalue weighted by Crippen LogP contribution is -2.42. The molecule has 0 atom stereocenters. The van der Waals surface area contributed by atoms with E-state index >= 15 is 0 Å². The van der Waals surface area contributed by atoms with E-state index in [4.69, 9.17) is 14.2 Å². The monoisotopic (exact) mass is 407 g/mol. The maximum Gasteiger partial charge on any atom is 0.223 e. The van der Waals surface area contributed by atoms with Crippen LogP contribution in [-0.2, 0) is 11.3 Å². The summed E-state index contributed by atoms with van der Waals surface area (Å²) in [6.07, 6.45) is 1.78. The topological polar surface area (TPSA) is 63.3 Å². The molecule has 1 aromatic carbocycles. The Morgan fingerprint density at radius 2 is 1.66 bits per heavy atom. The predicted molar refractivity (Wildman–Crippen MR) is 115 cm³/mol. The smallest absolute Gasteiger partial charge is 0.223 e. The molecule has 2 rings (SSSR count). The van der Waals surface area contributed by atoms with Crippen LogP contribution in [0.2, 0.25) is 0 Å². The second-order valence-corrected chi connectivity index (χ2v) is 7.40. The van der Waals surface area contributed by atoms with Crippen molar-refractivity contribution in [3.8, 4) is 17.2 Å². The second-order valence-electron chi connectivity index (χ2n) is 7.40. The Balaban J connectivity index is 1.84. The Bertz CT molecular complexity index is 616. The minimum atomic E-state index is 0.114. The fourth-order valence-corrected chi connectivity index (χ4v) is 3.86. The van der Waals surface area contributed by atoms with Gasteiger partial charge in [-0.15, -0.1) is 0 Å². The number of likely N-dealkylation sites (N-methyl/N-ethyl adjacent to an activating group) is 1. The van der Waals surface area contributed by atoms with E-state index in [1.165, 1.54) is 0 Å². The summed E-state index contributed by atoms with van der Waals surface area (Å²) in [5, 5.41) is 3.11. The quantitative estimate of drug-likeness (QED) is 0.608. The normalized spacial score (nSPS) is 15.4. The van der Waals surface area contributed by atoms with E-state index < -0.39 is 0 Å². The van der Waals surface area contributed by atoms with E-state index in [0.29, 0.717) is 17.2 Å². The van der Waals surface area contributed by atoms with Crippen molar-refractivity contribution < 1.29 is 19.0 Å². The van der Waals surface area contributed by atoms with Gasteiger partial charge in [0.15, 0.2) is 11.5 Å². The first-order valence-corrected chi connectivity index (χ1v) is 10.6. The minimum absolute atomic E-state index is 0.114. The zero-order valence-corrected chi connectivity index (χ0v) is 18.6. The highest BCUT2D eigenvalue weighted by molar-refractivity contribution is 5.78. The van der Waals surface area contributed by atoms with Gasteiger partial charge in [-0.1, -0.05) is 13.8 Å². The van der Waals surface area contributed by atoms with E-state index in [0.717, 1.165) is 64.2 Å². The number of methoxy groups -OCH3 is 3. The van der Waals surface area contributed by atoms with Gasteiger partial charge in [0.25, 0.3) is 0 Å². The Kier molecular flexibility index (Phi) is 9.54. The van der Waals surface area contributed by atoms with Crippen LogP contribution in [0.4, 0.5) is 0 Å². The lowest BCUT2D eigenvalue weighted by atomic mass is 9.95. The SMILES string of the molecule is CCN(CC)CCNC(=O)C1CCN(Cc2cc(OC)c(OC)c(OC)c2)CC1. The molecule has 1 aliphatic rings. The van der Waals surface area contributed by atoms with Crippen molar-refractivity contribution in [3.05, 3.63) is 17.7 Å². The van der Waals surface area contributed by atoms with Crippen LogP contribution in [0.3, 0.4) is 0 Å². The zero-order valence-electron chi connectivity index (χ0n) is 18.6. The molecule has 7 heteroatoms. The van der Waals surface area contributed by atoms with Crippen molar-refractivity contribution >= 4 is 5.91 Å². The first-order valence-electron chi connectivity index (χ1n) is 10.6. The van der Waals surface area contributed by atoms with Gasteiger partial charge in [0.1, 0.15) is 0 Å². The zero-order chi connectivity index (χ0) is 21.2. The molecular weight excluding hydrogens is 370 g/mol. The molecule has 0 unspecified atom stereocenters. The van der Waals surface area contributed by atoms with Crippen molar-refractivity contribution in [2.45, 2.75) is 33.2 Å². The van der Waals surface area contributed by atoms with Crippen LogP contribution in [0.1, 0.15) is 32.3 Å². The molecule has 0 aromatic heterocycles. The summed E-state index contributed by atoms with van der Waals surface area (Å²) in [5.41, 5.74) is 1.11. The third kappa shape index (κ3) is 6.51. The predicted octanol–water partition coefficient (Wildman–Crippen LogP) is 2.38. The summed E-state index contributed by atoms with van der Waals surface area (Å²) in [6.45, 7) is 10.6. The van der Waals surface area contributed by atoms with Crippen LogP contribution in [0.5, 0.6) is 17.2 Å². The number of nitrogens with one attached hydrogen (secondary N) is 1. The first kappa shape index (κ1) is 23.3. The number of amides is 1. The van der Waals surface area contributed by atoms with Crippen molar-refractivity contribution in [3.63, 3.8) is 0 Å². The molecule has 1 amide bonds. The van der Waals surface area contributed by atoms with Gasteiger partial charge in [0.05, 0.1) is 21.3 Å². The highest BCUT2D eigenvalue weighted by Gasteiger charge is 2.25. The highest BCUT2D eigenvalue weighted by Crippen LogP contribution is 2.38. The third-order valence-corrected chi connectivity index (χ3v) is 5.71. The fraction of sp³-hybridized carbons (Fsp3) is 0.682. The van der Waals surface area contributed by atoms with Gasteiger partial charge in [-0.2, -0.15) is 0 Å². The maximum atomic E-state index is 12.5. The van der Waals surface area contributed by atoms with Crippen LogP contribution < -0.4 is 19.5 Å². The Morgan fingerprint density at radius 3 is 2.14 bits per heavy atom. The average Bonchev–Trinajstić information content (AvgIpc) is 2.76. The molecule has 0 aliphatic carbocycles. The van der Waals surface area contributed by atoms with Crippen LogP contribution in [0.25, 0.3) is 0 Å². The van der Waals surface area contributed by atoms with Gasteiger partial charge < -0.3 is 24.4 Å². The number of nitrogens with zero attached hydrogens (tertiary/aromatic N) is 2. The summed E-state index contributed by atoms with van der Waals surface area (Å²) in [4.78, 5) is 17.2. The van der Waals surface area contributed by atoms with E-state index in [1.807, 2.05) is 12.1 Å². The van der Waals surface area contributed by atoms with Gasteiger partial charge in [-0.25, -0.2) is 0 Å². The molecule has 1 aliphatic heterocycles. The molecular formula is C22H37N3O4. The molecule has 1 heterocycles. The number of benzene rings is 1. The molecule has 0 bridgehead atoms. The summed E-state index contributed by atoms with van der Waals surface area (Å²) < 4.78 is 16.3. The Morgan fingerprint density at radius 1 is 1.07 bits per heavy atom. The van der Waals surface area contributed by atoms with Gasteiger partial charge >= 0.3 is 0 Å². The average molecular weight is 408 g/mol. The summed E-state index contributed by atoms with van der Waals surface area (Å²) in [5.74, 6) is 2.26. The van der Waals surface area contributed by atoms with E-state index in [9.17, 15) is 4.79 Å². The highest BCUT2D eigenvalue weighted by atomic mass is 16.5. The molecule has 0 spiro atoms.